The zero-order chi connectivity index (χ0) is 16.4. The number of hydrogen-bond acceptors (Lipinski definition) is 3. The first-order valence-corrected chi connectivity index (χ1v) is 8.73. The molecular formula is C19H27NO3. The summed E-state index contributed by atoms with van der Waals surface area (Å²) in [5.74, 6) is 2.87. The molecule has 4 heteroatoms. The summed E-state index contributed by atoms with van der Waals surface area (Å²) in [7, 11) is 0. The second-order valence-corrected chi connectivity index (χ2v) is 7.20. The summed E-state index contributed by atoms with van der Waals surface area (Å²) in [6.07, 6.45) is 4.79. The van der Waals surface area contributed by atoms with E-state index >= 15 is 0 Å². The Labute approximate surface area is 138 Å². The van der Waals surface area contributed by atoms with Crippen molar-refractivity contribution in [2.75, 3.05) is 0 Å². The predicted molar refractivity (Wildman–Crippen MR) is 89.0 cm³/mol. The average molecular weight is 317 g/mol. The first-order valence-electron chi connectivity index (χ1n) is 8.73. The Kier molecular flexibility index (Phi) is 4.90. The van der Waals surface area contributed by atoms with Crippen molar-refractivity contribution in [3.63, 3.8) is 0 Å². The number of carbonyl (C=O) groups is 1. The normalized spacial score (nSPS) is 28.4. The van der Waals surface area contributed by atoms with Crippen LogP contribution in [-0.4, -0.2) is 23.2 Å². The Morgan fingerprint density at radius 3 is 2.83 bits per heavy atom. The quantitative estimate of drug-likeness (QED) is 0.848. The van der Waals surface area contributed by atoms with Crippen LogP contribution in [0.3, 0.4) is 0 Å². The number of aliphatic hydroxyl groups is 1. The lowest BCUT2D eigenvalue weighted by atomic mass is 9.84. The Morgan fingerprint density at radius 2 is 2.17 bits per heavy atom. The zero-order valence-electron chi connectivity index (χ0n) is 14.0. The average Bonchev–Trinajstić information content (AvgIpc) is 3.18. The molecule has 23 heavy (non-hydrogen) atoms. The molecule has 2 saturated carbocycles. The highest BCUT2D eigenvalue weighted by Gasteiger charge is 2.42. The van der Waals surface area contributed by atoms with Crippen LogP contribution in [0.15, 0.2) is 24.3 Å². The molecule has 1 amide bonds. The summed E-state index contributed by atoms with van der Waals surface area (Å²) in [5.41, 5.74) is 0.783. The smallest absolute Gasteiger partial charge is 0.260 e. The van der Waals surface area contributed by atoms with Crippen LogP contribution < -0.4 is 10.1 Å². The van der Waals surface area contributed by atoms with Gasteiger partial charge < -0.3 is 15.2 Å². The van der Waals surface area contributed by atoms with E-state index in [-0.39, 0.29) is 18.6 Å². The van der Waals surface area contributed by atoms with Crippen molar-refractivity contribution in [2.24, 2.45) is 17.8 Å². The maximum absolute atomic E-state index is 12.4. The van der Waals surface area contributed by atoms with Gasteiger partial charge in [0.2, 0.25) is 0 Å². The maximum Gasteiger partial charge on any atom is 0.260 e. The number of hydrogen-bond donors (Lipinski definition) is 2. The van der Waals surface area contributed by atoms with E-state index in [1.54, 1.807) is 13.0 Å². The minimum absolute atomic E-state index is 0.0287. The van der Waals surface area contributed by atoms with Gasteiger partial charge in [-0.25, -0.2) is 0 Å². The minimum atomic E-state index is -0.537. The molecular weight excluding hydrogens is 290 g/mol. The van der Waals surface area contributed by atoms with E-state index in [2.05, 4.69) is 12.2 Å². The van der Waals surface area contributed by atoms with Crippen LogP contribution in [-0.2, 0) is 11.4 Å². The zero-order valence-corrected chi connectivity index (χ0v) is 14.0. The van der Waals surface area contributed by atoms with Crippen LogP contribution in [0, 0.1) is 17.8 Å². The number of carbonyl (C=O) groups excluding carboxylic acids is 1. The van der Waals surface area contributed by atoms with Crippen LogP contribution in [0.25, 0.3) is 0 Å². The van der Waals surface area contributed by atoms with E-state index < -0.39 is 6.10 Å². The second kappa shape index (κ2) is 6.91. The highest BCUT2D eigenvalue weighted by Crippen LogP contribution is 2.49. The van der Waals surface area contributed by atoms with Crippen LogP contribution in [0.4, 0.5) is 0 Å². The van der Waals surface area contributed by atoms with Gasteiger partial charge in [-0.05, 0) is 68.6 Å². The van der Waals surface area contributed by atoms with E-state index in [4.69, 9.17) is 9.84 Å². The van der Waals surface area contributed by atoms with Crippen molar-refractivity contribution < 1.29 is 14.6 Å². The SMILES string of the molecule is CC(Oc1cccc(CO)c1)C(=O)NC(C)C1CC2CCC1C2. The Balaban J connectivity index is 1.52. The molecule has 126 valence electrons. The van der Waals surface area contributed by atoms with Gasteiger partial charge in [-0.1, -0.05) is 18.6 Å². The number of aliphatic hydroxyl groups excluding tert-OH is 1. The van der Waals surface area contributed by atoms with Gasteiger partial charge in [0.15, 0.2) is 6.10 Å². The molecule has 0 spiro atoms. The topological polar surface area (TPSA) is 58.6 Å². The Hall–Kier alpha value is -1.55. The third-order valence-electron chi connectivity index (χ3n) is 5.57. The molecule has 0 saturated heterocycles. The molecule has 2 aliphatic carbocycles. The van der Waals surface area contributed by atoms with Gasteiger partial charge in [-0.3, -0.25) is 4.79 Å². The number of ether oxygens (including phenoxy) is 1. The van der Waals surface area contributed by atoms with Gasteiger partial charge in [0.05, 0.1) is 6.61 Å². The highest BCUT2D eigenvalue weighted by atomic mass is 16.5. The molecule has 2 aliphatic rings. The molecule has 2 bridgehead atoms. The summed E-state index contributed by atoms with van der Waals surface area (Å²) >= 11 is 0. The van der Waals surface area contributed by atoms with Crippen molar-refractivity contribution in [3.05, 3.63) is 29.8 Å². The second-order valence-electron chi connectivity index (χ2n) is 7.20. The molecule has 0 aromatic heterocycles. The number of nitrogens with one attached hydrogen (secondary N) is 1. The number of benzene rings is 1. The van der Waals surface area contributed by atoms with Crippen molar-refractivity contribution in [1.29, 1.82) is 0 Å². The Bertz CT molecular complexity index is 559. The number of rotatable bonds is 6. The van der Waals surface area contributed by atoms with Crippen LogP contribution in [0.5, 0.6) is 5.75 Å². The van der Waals surface area contributed by atoms with Crippen LogP contribution in [0.1, 0.15) is 45.1 Å². The third kappa shape index (κ3) is 3.69. The molecule has 0 radical (unpaired) electrons. The molecule has 5 unspecified atom stereocenters. The largest absolute Gasteiger partial charge is 0.481 e. The van der Waals surface area contributed by atoms with Gasteiger partial charge in [0.1, 0.15) is 5.75 Å². The van der Waals surface area contributed by atoms with E-state index in [0.717, 1.165) is 17.4 Å². The molecule has 5 atom stereocenters. The molecule has 0 aliphatic heterocycles. The Morgan fingerprint density at radius 1 is 1.35 bits per heavy atom. The number of amides is 1. The minimum Gasteiger partial charge on any atom is -0.481 e. The molecule has 1 aromatic rings. The molecule has 0 heterocycles. The number of fused-ring (bicyclic) bond motifs is 2. The van der Waals surface area contributed by atoms with E-state index in [0.29, 0.717) is 11.7 Å². The fourth-order valence-corrected chi connectivity index (χ4v) is 4.33. The predicted octanol–water partition coefficient (Wildman–Crippen LogP) is 2.89. The summed E-state index contributed by atoms with van der Waals surface area (Å²) in [6, 6.07) is 7.44. The lowest BCUT2D eigenvalue weighted by molar-refractivity contribution is -0.128. The maximum atomic E-state index is 12.4. The monoisotopic (exact) mass is 317 g/mol. The fraction of sp³-hybridized carbons (Fsp3) is 0.632. The molecule has 2 N–H and O–H groups in total. The van der Waals surface area contributed by atoms with Crippen molar-refractivity contribution in [1.82, 2.24) is 5.32 Å². The first kappa shape index (κ1) is 16.3. The lowest BCUT2D eigenvalue weighted by Crippen LogP contribution is -2.45. The van der Waals surface area contributed by atoms with Gasteiger partial charge in [-0.15, -0.1) is 0 Å². The van der Waals surface area contributed by atoms with E-state index in [1.807, 2.05) is 18.2 Å². The fourth-order valence-electron chi connectivity index (χ4n) is 4.33. The van der Waals surface area contributed by atoms with Crippen molar-refractivity contribution >= 4 is 5.91 Å². The summed E-state index contributed by atoms with van der Waals surface area (Å²) in [6.45, 7) is 3.87. The summed E-state index contributed by atoms with van der Waals surface area (Å²) in [5, 5.41) is 12.3. The third-order valence-corrected chi connectivity index (χ3v) is 5.57. The molecule has 1 aromatic carbocycles. The van der Waals surface area contributed by atoms with Crippen molar-refractivity contribution in [3.8, 4) is 5.75 Å². The van der Waals surface area contributed by atoms with Crippen LogP contribution in [0.2, 0.25) is 0 Å². The van der Waals surface area contributed by atoms with Gasteiger partial charge in [-0.2, -0.15) is 0 Å². The molecule has 4 nitrogen and oxygen atoms in total. The standard InChI is InChI=1S/C19H27NO3/c1-12(18-10-14-6-7-16(18)8-14)20-19(22)13(2)23-17-5-3-4-15(9-17)11-21/h3-5,9,12-14,16,18,21H,6-8,10-11H2,1-2H3,(H,20,22). The van der Waals surface area contributed by atoms with Gasteiger partial charge >= 0.3 is 0 Å². The lowest BCUT2D eigenvalue weighted by Gasteiger charge is -2.29. The van der Waals surface area contributed by atoms with Crippen LogP contribution >= 0.6 is 0 Å². The summed E-state index contributed by atoms with van der Waals surface area (Å²) in [4.78, 5) is 12.4. The van der Waals surface area contributed by atoms with E-state index in [1.165, 1.54) is 25.7 Å². The summed E-state index contributed by atoms with van der Waals surface area (Å²) < 4.78 is 5.72. The highest BCUT2D eigenvalue weighted by molar-refractivity contribution is 5.81. The van der Waals surface area contributed by atoms with Gasteiger partial charge in [0, 0.05) is 6.04 Å². The molecule has 3 rings (SSSR count). The first-order chi connectivity index (χ1) is 11.1. The van der Waals surface area contributed by atoms with Crippen molar-refractivity contribution in [2.45, 2.75) is 58.3 Å². The molecule has 2 fully saturated rings. The van der Waals surface area contributed by atoms with Gasteiger partial charge in [0.25, 0.3) is 5.91 Å². The van der Waals surface area contributed by atoms with E-state index in [9.17, 15) is 4.79 Å².